The van der Waals surface area contributed by atoms with Crippen LogP contribution in [0, 0.1) is 6.92 Å². The number of benzene rings is 3. The molecule has 1 aromatic heterocycles. The standard InChI is InChI=1S/C28H24ClNO4/c1-3-4-15-33-20-13-10-18(11-14-20)25-24-26(31)21-7-5-6-8-23(21)34-27(24)28(32)30(25)19-12-9-17(2)22(29)16-19/h5-14,16,25H,3-4,15H2,1-2H3. The number of carbonyl (C=O) groups is 1. The van der Waals surface area contributed by atoms with Crippen molar-refractivity contribution < 1.29 is 13.9 Å². The topological polar surface area (TPSA) is 59.8 Å². The highest BCUT2D eigenvalue weighted by Crippen LogP contribution is 2.42. The number of carbonyl (C=O) groups excluding carboxylic acids is 1. The first-order valence-corrected chi connectivity index (χ1v) is 11.8. The molecular formula is C28H24ClNO4. The minimum Gasteiger partial charge on any atom is -0.494 e. The molecule has 0 N–H and O–H groups in total. The molecule has 0 fully saturated rings. The van der Waals surface area contributed by atoms with E-state index in [4.69, 9.17) is 20.8 Å². The van der Waals surface area contributed by atoms with E-state index in [0.29, 0.717) is 33.8 Å². The predicted molar refractivity (Wildman–Crippen MR) is 134 cm³/mol. The number of aryl methyl sites for hydroxylation is 1. The van der Waals surface area contributed by atoms with Crippen LogP contribution >= 0.6 is 11.6 Å². The van der Waals surface area contributed by atoms with E-state index in [0.717, 1.165) is 29.7 Å². The minimum absolute atomic E-state index is 0.0636. The van der Waals surface area contributed by atoms with E-state index < -0.39 is 6.04 Å². The van der Waals surface area contributed by atoms with Crippen molar-refractivity contribution in [3.63, 3.8) is 0 Å². The Bertz CT molecular complexity index is 1440. The van der Waals surface area contributed by atoms with E-state index in [9.17, 15) is 9.59 Å². The fourth-order valence-corrected chi connectivity index (χ4v) is 4.49. The quantitative estimate of drug-likeness (QED) is 0.293. The zero-order valence-corrected chi connectivity index (χ0v) is 19.8. The van der Waals surface area contributed by atoms with Crippen LogP contribution in [0.15, 0.2) is 75.9 Å². The van der Waals surface area contributed by atoms with Gasteiger partial charge in [0.15, 0.2) is 5.43 Å². The molecule has 1 aliphatic heterocycles. The molecule has 0 bridgehead atoms. The maximum absolute atomic E-state index is 13.6. The third kappa shape index (κ3) is 3.76. The van der Waals surface area contributed by atoms with Gasteiger partial charge >= 0.3 is 0 Å². The molecule has 1 unspecified atom stereocenters. The average Bonchev–Trinajstić information content (AvgIpc) is 3.14. The molecule has 0 spiro atoms. The highest BCUT2D eigenvalue weighted by Gasteiger charge is 2.43. The molecule has 0 saturated heterocycles. The molecule has 5 rings (SSSR count). The van der Waals surface area contributed by atoms with Gasteiger partial charge in [0.2, 0.25) is 5.76 Å². The summed E-state index contributed by atoms with van der Waals surface area (Å²) in [5.74, 6) is 0.442. The van der Waals surface area contributed by atoms with Crippen LogP contribution in [-0.2, 0) is 0 Å². The second kappa shape index (κ2) is 8.99. The fraction of sp³-hybridized carbons (Fsp3) is 0.214. The van der Waals surface area contributed by atoms with E-state index in [1.165, 1.54) is 0 Å². The Morgan fingerprint density at radius 1 is 1.03 bits per heavy atom. The van der Waals surface area contributed by atoms with Gasteiger partial charge in [0.05, 0.1) is 23.6 Å². The SMILES string of the molecule is CCCCOc1ccc(C2c3c(oc4ccccc4c3=O)C(=O)N2c2ccc(C)c(Cl)c2)cc1. The molecule has 34 heavy (non-hydrogen) atoms. The van der Waals surface area contributed by atoms with Crippen molar-refractivity contribution in [2.45, 2.75) is 32.7 Å². The molecule has 2 heterocycles. The van der Waals surface area contributed by atoms with Gasteiger partial charge in [-0.15, -0.1) is 0 Å². The number of fused-ring (bicyclic) bond motifs is 2. The van der Waals surface area contributed by atoms with Crippen LogP contribution in [0.3, 0.4) is 0 Å². The summed E-state index contributed by atoms with van der Waals surface area (Å²) in [5, 5.41) is 0.992. The van der Waals surface area contributed by atoms with Gasteiger partial charge < -0.3 is 9.15 Å². The van der Waals surface area contributed by atoms with E-state index >= 15 is 0 Å². The summed E-state index contributed by atoms with van der Waals surface area (Å²) in [4.78, 5) is 28.8. The Hall–Kier alpha value is -3.57. The van der Waals surface area contributed by atoms with Crippen molar-refractivity contribution in [2.75, 3.05) is 11.5 Å². The van der Waals surface area contributed by atoms with Crippen molar-refractivity contribution in [3.05, 3.63) is 104 Å². The number of halogens is 1. The van der Waals surface area contributed by atoms with E-state index in [-0.39, 0.29) is 17.1 Å². The zero-order valence-electron chi connectivity index (χ0n) is 19.0. The lowest BCUT2D eigenvalue weighted by Crippen LogP contribution is -2.29. The summed E-state index contributed by atoms with van der Waals surface area (Å²) in [6.07, 6.45) is 2.03. The lowest BCUT2D eigenvalue weighted by molar-refractivity contribution is 0.0971. The van der Waals surface area contributed by atoms with Gasteiger partial charge in [0.25, 0.3) is 5.91 Å². The number of nitrogens with zero attached hydrogens (tertiary/aromatic N) is 1. The first-order chi connectivity index (χ1) is 16.5. The molecule has 0 saturated carbocycles. The third-order valence-electron chi connectivity index (χ3n) is 6.17. The van der Waals surface area contributed by atoms with Crippen molar-refractivity contribution in [3.8, 4) is 5.75 Å². The summed E-state index contributed by atoms with van der Waals surface area (Å²) in [6, 6.07) is 19.3. The molecular weight excluding hydrogens is 450 g/mol. The molecule has 0 radical (unpaired) electrons. The molecule has 1 atom stereocenters. The number of ether oxygens (including phenoxy) is 1. The number of hydrogen-bond acceptors (Lipinski definition) is 4. The Kier molecular flexibility index (Phi) is 5.88. The Morgan fingerprint density at radius 3 is 2.53 bits per heavy atom. The van der Waals surface area contributed by atoms with Crippen molar-refractivity contribution in [1.82, 2.24) is 0 Å². The Morgan fingerprint density at radius 2 is 1.79 bits per heavy atom. The summed E-state index contributed by atoms with van der Waals surface area (Å²) in [7, 11) is 0. The van der Waals surface area contributed by atoms with Gasteiger partial charge in [-0.2, -0.15) is 0 Å². The van der Waals surface area contributed by atoms with Crippen LogP contribution in [-0.4, -0.2) is 12.5 Å². The Labute approximate surface area is 202 Å². The van der Waals surface area contributed by atoms with Gasteiger partial charge in [0, 0.05) is 10.7 Å². The van der Waals surface area contributed by atoms with Crippen LogP contribution in [0.1, 0.15) is 53.1 Å². The maximum Gasteiger partial charge on any atom is 0.295 e. The highest BCUT2D eigenvalue weighted by atomic mass is 35.5. The van der Waals surface area contributed by atoms with Crippen LogP contribution in [0.2, 0.25) is 5.02 Å². The smallest absolute Gasteiger partial charge is 0.295 e. The van der Waals surface area contributed by atoms with Crippen LogP contribution in [0.25, 0.3) is 11.0 Å². The maximum atomic E-state index is 13.6. The van der Waals surface area contributed by atoms with Crippen LogP contribution < -0.4 is 15.1 Å². The van der Waals surface area contributed by atoms with Gasteiger partial charge in [-0.05, 0) is 60.9 Å². The lowest BCUT2D eigenvalue weighted by atomic mass is 9.98. The molecule has 1 amide bonds. The third-order valence-corrected chi connectivity index (χ3v) is 6.58. The average molecular weight is 474 g/mol. The van der Waals surface area contributed by atoms with Gasteiger partial charge in [-0.1, -0.05) is 55.3 Å². The molecule has 5 nitrogen and oxygen atoms in total. The molecule has 4 aromatic rings. The number of amides is 1. The number of rotatable bonds is 6. The number of para-hydroxylation sites is 1. The first-order valence-electron chi connectivity index (χ1n) is 11.4. The highest BCUT2D eigenvalue weighted by molar-refractivity contribution is 6.31. The summed E-state index contributed by atoms with van der Waals surface area (Å²) >= 11 is 6.40. The van der Waals surface area contributed by atoms with E-state index in [2.05, 4.69) is 6.92 Å². The van der Waals surface area contributed by atoms with E-state index in [1.54, 1.807) is 35.2 Å². The van der Waals surface area contributed by atoms with Crippen molar-refractivity contribution in [2.24, 2.45) is 0 Å². The zero-order chi connectivity index (χ0) is 23.8. The number of unbranched alkanes of at least 4 members (excludes halogenated alkanes) is 1. The van der Waals surface area contributed by atoms with Gasteiger partial charge in [0.1, 0.15) is 11.3 Å². The minimum atomic E-state index is -0.646. The second-order valence-corrected chi connectivity index (χ2v) is 8.86. The van der Waals surface area contributed by atoms with Crippen molar-refractivity contribution >= 4 is 34.2 Å². The normalized spacial score (nSPS) is 15.1. The van der Waals surface area contributed by atoms with Gasteiger partial charge in [-0.3, -0.25) is 14.5 Å². The van der Waals surface area contributed by atoms with E-state index in [1.807, 2.05) is 43.3 Å². The first kappa shape index (κ1) is 22.2. The summed E-state index contributed by atoms with van der Waals surface area (Å²) < 4.78 is 11.8. The van der Waals surface area contributed by atoms with Crippen LogP contribution in [0.4, 0.5) is 5.69 Å². The fourth-order valence-electron chi connectivity index (χ4n) is 4.31. The lowest BCUT2D eigenvalue weighted by Gasteiger charge is -2.26. The molecule has 6 heteroatoms. The van der Waals surface area contributed by atoms with Gasteiger partial charge in [-0.25, -0.2) is 0 Å². The van der Waals surface area contributed by atoms with Crippen molar-refractivity contribution in [1.29, 1.82) is 0 Å². The largest absolute Gasteiger partial charge is 0.494 e. The Balaban J connectivity index is 1.67. The number of anilines is 1. The second-order valence-electron chi connectivity index (χ2n) is 8.45. The summed E-state index contributed by atoms with van der Waals surface area (Å²) in [5.41, 5.74) is 2.80. The van der Waals surface area contributed by atoms with Crippen LogP contribution in [0.5, 0.6) is 5.75 Å². The number of hydrogen-bond donors (Lipinski definition) is 0. The molecule has 0 aliphatic carbocycles. The monoisotopic (exact) mass is 473 g/mol. The molecule has 1 aliphatic rings. The molecule has 3 aromatic carbocycles. The predicted octanol–water partition coefficient (Wildman–Crippen LogP) is 6.68. The summed E-state index contributed by atoms with van der Waals surface area (Å²) in [6.45, 7) is 4.66. The molecule has 172 valence electrons.